The summed E-state index contributed by atoms with van der Waals surface area (Å²) in [5.41, 5.74) is 0. The van der Waals surface area contributed by atoms with Crippen LogP contribution < -0.4 is 9.47 Å². The summed E-state index contributed by atoms with van der Waals surface area (Å²) in [4.78, 5) is 0. The normalized spacial score (nSPS) is 15.2. The molecule has 1 aromatic carbocycles. The van der Waals surface area contributed by atoms with Gasteiger partial charge in [0.1, 0.15) is 0 Å². The predicted molar refractivity (Wildman–Crippen MR) is 52.1 cm³/mol. The number of ether oxygens (including phenoxy) is 2. The number of fused-ring (bicyclic) bond motifs is 1. The van der Waals surface area contributed by atoms with Gasteiger partial charge in [-0.25, -0.2) is 0 Å². The largest absolute Gasteiger partial charge is 0.490 e. The molecule has 0 unspecified atom stereocenters. The topological polar surface area (TPSA) is 18.5 Å². The Balaban J connectivity index is 2.43. The van der Waals surface area contributed by atoms with Crippen LogP contribution in [-0.4, -0.2) is 13.2 Å². The second kappa shape index (κ2) is 3.64. The molecule has 0 aromatic heterocycles. The third-order valence-electron chi connectivity index (χ3n) is 1.79. The zero-order valence-electron chi connectivity index (χ0n) is 6.85. The molecule has 0 aliphatic carbocycles. The molecule has 2 nitrogen and oxygen atoms in total. The molecule has 1 aliphatic heterocycles. The number of hydrogen-bond donors (Lipinski definition) is 0. The van der Waals surface area contributed by atoms with E-state index in [9.17, 15) is 0 Å². The summed E-state index contributed by atoms with van der Waals surface area (Å²) in [5, 5.41) is 0.983. The Morgan fingerprint density at radius 1 is 0.923 bits per heavy atom. The summed E-state index contributed by atoms with van der Waals surface area (Å²) >= 11 is 11.7. The highest BCUT2D eigenvalue weighted by Gasteiger charge is 2.12. The van der Waals surface area contributed by atoms with Crippen LogP contribution in [0.3, 0.4) is 0 Å². The van der Waals surface area contributed by atoms with Gasteiger partial charge in [-0.05, 0) is 0 Å². The summed E-state index contributed by atoms with van der Waals surface area (Å²) in [5.74, 6) is 1.35. The highest BCUT2D eigenvalue weighted by atomic mass is 35.5. The summed E-state index contributed by atoms with van der Waals surface area (Å²) in [6.07, 6.45) is 0.879. The zero-order valence-corrected chi connectivity index (χ0v) is 8.36. The SMILES string of the molecule is Clc1cc2c(cc1Cl)OCCCO2. The van der Waals surface area contributed by atoms with E-state index in [-0.39, 0.29) is 0 Å². The van der Waals surface area contributed by atoms with Crippen LogP contribution in [0.25, 0.3) is 0 Å². The summed E-state index contributed by atoms with van der Waals surface area (Å²) in [6.45, 7) is 1.32. The van der Waals surface area contributed by atoms with Crippen molar-refractivity contribution in [2.24, 2.45) is 0 Å². The Morgan fingerprint density at radius 3 is 1.85 bits per heavy atom. The van der Waals surface area contributed by atoms with E-state index in [1.807, 2.05) is 0 Å². The molecular formula is C9H8Cl2O2. The third-order valence-corrected chi connectivity index (χ3v) is 2.51. The lowest BCUT2D eigenvalue weighted by atomic mass is 10.3. The lowest BCUT2D eigenvalue weighted by molar-refractivity contribution is 0.297. The molecule has 1 heterocycles. The van der Waals surface area contributed by atoms with Gasteiger partial charge in [-0.15, -0.1) is 0 Å². The van der Waals surface area contributed by atoms with E-state index in [0.717, 1.165) is 6.42 Å². The van der Waals surface area contributed by atoms with E-state index < -0.39 is 0 Å². The number of halogens is 2. The van der Waals surface area contributed by atoms with Gasteiger partial charge >= 0.3 is 0 Å². The fourth-order valence-corrected chi connectivity index (χ4v) is 1.47. The summed E-state index contributed by atoms with van der Waals surface area (Å²) in [7, 11) is 0. The molecule has 0 amide bonds. The number of benzene rings is 1. The standard InChI is InChI=1S/C9H8Cl2O2/c10-6-4-8-9(5-7(6)11)13-3-1-2-12-8/h4-5H,1-3H2. The maximum atomic E-state index is 5.83. The van der Waals surface area contributed by atoms with Crippen LogP contribution in [0.5, 0.6) is 11.5 Å². The van der Waals surface area contributed by atoms with Gasteiger partial charge < -0.3 is 9.47 Å². The van der Waals surface area contributed by atoms with Crippen molar-refractivity contribution in [2.75, 3.05) is 13.2 Å². The summed E-state index contributed by atoms with van der Waals surface area (Å²) < 4.78 is 10.8. The molecule has 0 N–H and O–H groups in total. The number of hydrogen-bond acceptors (Lipinski definition) is 2. The van der Waals surface area contributed by atoms with Gasteiger partial charge in [-0.1, -0.05) is 23.2 Å². The van der Waals surface area contributed by atoms with Crippen LogP contribution in [0.4, 0.5) is 0 Å². The lowest BCUT2D eigenvalue weighted by Gasteiger charge is -2.07. The van der Waals surface area contributed by atoms with E-state index in [2.05, 4.69) is 0 Å². The molecular weight excluding hydrogens is 211 g/mol. The molecule has 0 bridgehead atoms. The average Bonchev–Trinajstić information content (AvgIpc) is 2.31. The van der Waals surface area contributed by atoms with Gasteiger partial charge in [0.15, 0.2) is 11.5 Å². The minimum Gasteiger partial charge on any atom is -0.490 e. The second-order valence-electron chi connectivity index (χ2n) is 2.76. The Hall–Kier alpha value is -0.600. The molecule has 0 fully saturated rings. The Bertz CT molecular complexity index is 295. The smallest absolute Gasteiger partial charge is 0.162 e. The van der Waals surface area contributed by atoms with Gasteiger partial charge in [0, 0.05) is 18.6 Å². The van der Waals surface area contributed by atoms with E-state index in [1.54, 1.807) is 12.1 Å². The van der Waals surface area contributed by atoms with E-state index in [4.69, 9.17) is 32.7 Å². The maximum absolute atomic E-state index is 5.83. The van der Waals surface area contributed by atoms with Crippen molar-refractivity contribution in [1.29, 1.82) is 0 Å². The molecule has 1 aliphatic rings. The lowest BCUT2D eigenvalue weighted by Crippen LogP contribution is -1.97. The monoisotopic (exact) mass is 218 g/mol. The number of rotatable bonds is 0. The first-order valence-electron chi connectivity index (χ1n) is 4.02. The van der Waals surface area contributed by atoms with E-state index >= 15 is 0 Å². The van der Waals surface area contributed by atoms with Gasteiger partial charge in [0.05, 0.1) is 23.3 Å². The fraction of sp³-hybridized carbons (Fsp3) is 0.333. The molecule has 4 heteroatoms. The van der Waals surface area contributed by atoms with Crippen LogP contribution in [0.15, 0.2) is 12.1 Å². The molecule has 0 spiro atoms. The van der Waals surface area contributed by atoms with Crippen molar-refractivity contribution < 1.29 is 9.47 Å². The first kappa shape index (κ1) is 8.97. The third kappa shape index (κ3) is 1.84. The average molecular weight is 219 g/mol. The minimum absolute atomic E-state index is 0.492. The first-order chi connectivity index (χ1) is 6.27. The Morgan fingerprint density at radius 2 is 1.38 bits per heavy atom. The highest BCUT2D eigenvalue weighted by molar-refractivity contribution is 6.42. The molecule has 13 heavy (non-hydrogen) atoms. The fourth-order valence-electron chi connectivity index (χ4n) is 1.16. The molecule has 70 valence electrons. The van der Waals surface area contributed by atoms with Gasteiger partial charge in [0.25, 0.3) is 0 Å². The van der Waals surface area contributed by atoms with Crippen molar-refractivity contribution >= 4 is 23.2 Å². The molecule has 0 saturated carbocycles. The molecule has 0 radical (unpaired) electrons. The first-order valence-corrected chi connectivity index (χ1v) is 4.77. The van der Waals surface area contributed by atoms with Crippen molar-refractivity contribution in [3.63, 3.8) is 0 Å². The van der Waals surface area contributed by atoms with Crippen LogP contribution in [-0.2, 0) is 0 Å². The molecule has 2 rings (SSSR count). The highest BCUT2D eigenvalue weighted by Crippen LogP contribution is 2.36. The van der Waals surface area contributed by atoms with E-state index in [0.29, 0.717) is 34.8 Å². The Kier molecular flexibility index (Phi) is 2.51. The molecule has 0 saturated heterocycles. The Labute approximate surface area is 86.4 Å². The minimum atomic E-state index is 0.492. The van der Waals surface area contributed by atoms with Gasteiger partial charge in [-0.3, -0.25) is 0 Å². The quantitative estimate of drug-likeness (QED) is 0.667. The maximum Gasteiger partial charge on any atom is 0.162 e. The zero-order chi connectivity index (χ0) is 9.26. The van der Waals surface area contributed by atoms with Crippen molar-refractivity contribution in [1.82, 2.24) is 0 Å². The van der Waals surface area contributed by atoms with Crippen molar-refractivity contribution in [2.45, 2.75) is 6.42 Å². The summed E-state index contributed by atoms with van der Waals surface area (Å²) in [6, 6.07) is 3.37. The van der Waals surface area contributed by atoms with E-state index in [1.165, 1.54) is 0 Å². The van der Waals surface area contributed by atoms with Crippen LogP contribution in [0.1, 0.15) is 6.42 Å². The molecule has 1 aromatic rings. The van der Waals surface area contributed by atoms with Crippen molar-refractivity contribution in [3.05, 3.63) is 22.2 Å². The van der Waals surface area contributed by atoms with Crippen LogP contribution in [0, 0.1) is 0 Å². The van der Waals surface area contributed by atoms with Gasteiger partial charge in [0.2, 0.25) is 0 Å². The molecule has 0 atom stereocenters. The van der Waals surface area contributed by atoms with Gasteiger partial charge in [-0.2, -0.15) is 0 Å². The second-order valence-corrected chi connectivity index (χ2v) is 3.58. The van der Waals surface area contributed by atoms with Crippen molar-refractivity contribution in [3.8, 4) is 11.5 Å². The van der Waals surface area contributed by atoms with Crippen LogP contribution in [0.2, 0.25) is 10.0 Å². The predicted octanol–water partition coefficient (Wildman–Crippen LogP) is 3.15. The van der Waals surface area contributed by atoms with Crippen LogP contribution >= 0.6 is 23.2 Å².